The van der Waals surface area contributed by atoms with Gasteiger partial charge in [-0.15, -0.1) is 0 Å². The van der Waals surface area contributed by atoms with Crippen molar-refractivity contribution in [2.45, 2.75) is 13.5 Å². The molecule has 9 heteroatoms. The summed E-state index contributed by atoms with van der Waals surface area (Å²) in [6.45, 7) is -1.43. The number of benzene rings is 2. The quantitative estimate of drug-likeness (QED) is 0.684. The standard InChI is InChI=1S/C18H17BrF2N2O4/c1-10-7-12(19)4-5-13(10)23-16(24)9-22-17(25)11-3-6-14(27-18(20)21)15(8-11)26-2/h3-8,18H,9H2,1-2H3,(H,22,25)(H,23,24). The summed E-state index contributed by atoms with van der Waals surface area (Å²) in [6.07, 6.45) is 0. The fourth-order valence-electron chi connectivity index (χ4n) is 2.23. The van der Waals surface area contributed by atoms with Gasteiger partial charge in [0.15, 0.2) is 11.5 Å². The predicted molar refractivity (Wildman–Crippen MR) is 99.5 cm³/mol. The predicted octanol–water partition coefficient (Wildman–Crippen LogP) is 3.74. The zero-order valence-electron chi connectivity index (χ0n) is 14.5. The second-order valence-corrected chi connectivity index (χ2v) is 6.35. The molecule has 0 aliphatic heterocycles. The Morgan fingerprint density at radius 2 is 1.89 bits per heavy atom. The summed E-state index contributed by atoms with van der Waals surface area (Å²) >= 11 is 3.34. The molecule has 0 radical (unpaired) electrons. The van der Waals surface area contributed by atoms with Crippen LogP contribution in [-0.2, 0) is 4.79 Å². The van der Waals surface area contributed by atoms with Crippen molar-refractivity contribution in [3.05, 3.63) is 52.0 Å². The lowest BCUT2D eigenvalue weighted by Crippen LogP contribution is -2.33. The second-order valence-electron chi connectivity index (χ2n) is 5.43. The van der Waals surface area contributed by atoms with Crippen molar-refractivity contribution in [1.82, 2.24) is 5.32 Å². The molecule has 0 heterocycles. The molecule has 0 unspecified atom stereocenters. The molecule has 2 amide bonds. The minimum atomic E-state index is -3.01. The van der Waals surface area contributed by atoms with Gasteiger partial charge in [0.05, 0.1) is 13.7 Å². The van der Waals surface area contributed by atoms with Gasteiger partial charge in [-0.05, 0) is 48.9 Å². The van der Waals surface area contributed by atoms with Crippen molar-refractivity contribution in [2.24, 2.45) is 0 Å². The van der Waals surface area contributed by atoms with Crippen molar-refractivity contribution in [2.75, 3.05) is 19.0 Å². The van der Waals surface area contributed by atoms with Crippen LogP contribution in [0.25, 0.3) is 0 Å². The maximum Gasteiger partial charge on any atom is 0.387 e. The molecule has 0 fully saturated rings. The van der Waals surface area contributed by atoms with Crippen LogP contribution in [0.5, 0.6) is 11.5 Å². The van der Waals surface area contributed by atoms with E-state index < -0.39 is 18.4 Å². The third-order valence-corrected chi connectivity index (χ3v) is 4.01. The number of carbonyl (C=O) groups is 2. The SMILES string of the molecule is COc1cc(C(=O)NCC(=O)Nc2ccc(Br)cc2C)ccc1OC(F)F. The summed E-state index contributed by atoms with van der Waals surface area (Å²) in [4.78, 5) is 24.2. The van der Waals surface area contributed by atoms with Gasteiger partial charge < -0.3 is 20.1 Å². The molecule has 0 atom stereocenters. The van der Waals surface area contributed by atoms with Crippen LogP contribution in [0, 0.1) is 6.92 Å². The molecule has 0 bridgehead atoms. The summed E-state index contributed by atoms with van der Waals surface area (Å²) in [5.41, 5.74) is 1.64. The lowest BCUT2D eigenvalue weighted by Gasteiger charge is -2.12. The molecule has 2 N–H and O–H groups in total. The Bertz CT molecular complexity index is 846. The number of halogens is 3. The van der Waals surface area contributed by atoms with Gasteiger partial charge >= 0.3 is 6.61 Å². The molecule has 0 aliphatic carbocycles. The Morgan fingerprint density at radius 1 is 1.15 bits per heavy atom. The van der Waals surface area contributed by atoms with E-state index in [4.69, 9.17) is 4.74 Å². The van der Waals surface area contributed by atoms with Crippen LogP contribution >= 0.6 is 15.9 Å². The molecular weight excluding hydrogens is 426 g/mol. The molecule has 2 rings (SSSR count). The van der Waals surface area contributed by atoms with Gasteiger partial charge in [-0.25, -0.2) is 0 Å². The van der Waals surface area contributed by atoms with Crippen LogP contribution in [-0.4, -0.2) is 32.1 Å². The minimum Gasteiger partial charge on any atom is -0.493 e. The Balaban J connectivity index is 1.97. The maximum absolute atomic E-state index is 12.3. The van der Waals surface area contributed by atoms with Crippen molar-refractivity contribution in [3.8, 4) is 11.5 Å². The van der Waals surface area contributed by atoms with E-state index in [0.29, 0.717) is 5.69 Å². The summed E-state index contributed by atoms with van der Waals surface area (Å²) < 4.78 is 34.8. The summed E-state index contributed by atoms with van der Waals surface area (Å²) in [5.74, 6) is -1.16. The van der Waals surface area contributed by atoms with Gasteiger partial charge in [0.25, 0.3) is 5.91 Å². The van der Waals surface area contributed by atoms with Crippen LogP contribution in [0.1, 0.15) is 15.9 Å². The number of methoxy groups -OCH3 is 1. The van der Waals surface area contributed by atoms with E-state index in [1.165, 1.54) is 25.3 Å². The number of rotatable bonds is 7. The molecule has 6 nitrogen and oxygen atoms in total. The molecule has 144 valence electrons. The third-order valence-electron chi connectivity index (χ3n) is 3.51. The average Bonchev–Trinajstić information content (AvgIpc) is 2.62. The number of hydrogen-bond acceptors (Lipinski definition) is 4. The lowest BCUT2D eigenvalue weighted by molar-refractivity contribution is -0.115. The monoisotopic (exact) mass is 442 g/mol. The molecule has 0 spiro atoms. The zero-order chi connectivity index (χ0) is 20.0. The van der Waals surface area contributed by atoms with Crippen LogP contribution in [0.3, 0.4) is 0 Å². The molecule has 2 aromatic rings. The van der Waals surface area contributed by atoms with Crippen LogP contribution in [0.4, 0.5) is 14.5 Å². The number of anilines is 1. The smallest absolute Gasteiger partial charge is 0.387 e. The minimum absolute atomic E-state index is 0.0158. The van der Waals surface area contributed by atoms with E-state index in [9.17, 15) is 18.4 Å². The van der Waals surface area contributed by atoms with Gasteiger partial charge in [-0.1, -0.05) is 15.9 Å². The highest BCUT2D eigenvalue weighted by molar-refractivity contribution is 9.10. The fraction of sp³-hybridized carbons (Fsp3) is 0.222. The van der Waals surface area contributed by atoms with E-state index in [0.717, 1.165) is 10.0 Å². The normalized spacial score (nSPS) is 10.4. The number of carbonyl (C=O) groups excluding carboxylic acids is 2. The number of aryl methyl sites for hydroxylation is 1. The molecule has 0 saturated carbocycles. The van der Waals surface area contributed by atoms with E-state index in [1.807, 2.05) is 13.0 Å². The summed E-state index contributed by atoms with van der Waals surface area (Å²) in [5, 5.41) is 5.15. The first-order valence-electron chi connectivity index (χ1n) is 7.77. The summed E-state index contributed by atoms with van der Waals surface area (Å²) in [6, 6.07) is 9.13. The fourth-order valence-corrected chi connectivity index (χ4v) is 2.70. The molecule has 0 saturated heterocycles. The van der Waals surface area contributed by atoms with Crippen LogP contribution < -0.4 is 20.1 Å². The van der Waals surface area contributed by atoms with Crippen LogP contribution in [0.15, 0.2) is 40.9 Å². The van der Waals surface area contributed by atoms with Crippen molar-refractivity contribution < 1.29 is 27.8 Å². The van der Waals surface area contributed by atoms with E-state index in [1.54, 1.807) is 12.1 Å². The highest BCUT2D eigenvalue weighted by atomic mass is 79.9. The van der Waals surface area contributed by atoms with Gasteiger partial charge in [0.2, 0.25) is 5.91 Å². The van der Waals surface area contributed by atoms with Crippen LogP contribution in [0.2, 0.25) is 0 Å². The molecular formula is C18H17BrF2N2O4. The average molecular weight is 443 g/mol. The highest BCUT2D eigenvalue weighted by Gasteiger charge is 2.15. The van der Waals surface area contributed by atoms with Crippen molar-refractivity contribution >= 4 is 33.4 Å². The Labute approximate surface area is 163 Å². The van der Waals surface area contributed by atoms with E-state index >= 15 is 0 Å². The Morgan fingerprint density at radius 3 is 2.52 bits per heavy atom. The third kappa shape index (κ3) is 5.92. The first kappa shape index (κ1) is 20.6. The zero-order valence-corrected chi connectivity index (χ0v) is 16.1. The molecule has 0 aliphatic rings. The van der Waals surface area contributed by atoms with E-state index in [-0.39, 0.29) is 23.6 Å². The largest absolute Gasteiger partial charge is 0.493 e. The van der Waals surface area contributed by atoms with Crippen molar-refractivity contribution in [1.29, 1.82) is 0 Å². The van der Waals surface area contributed by atoms with Gasteiger partial charge in [0, 0.05) is 15.7 Å². The van der Waals surface area contributed by atoms with Crippen molar-refractivity contribution in [3.63, 3.8) is 0 Å². The highest BCUT2D eigenvalue weighted by Crippen LogP contribution is 2.29. The number of hydrogen-bond donors (Lipinski definition) is 2. The summed E-state index contributed by atoms with van der Waals surface area (Å²) in [7, 11) is 1.27. The maximum atomic E-state index is 12.3. The molecule has 27 heavy (non-hydrogen) atoms. The number of alkyl halides is 2. The lowest BCUT2D eigenvalue weighted by atomic mass is 10.2. The topological polar surface area (TPSA) is 76.7 Å². The number of nitrogens with one attached hydrogen (secondary N) is 2. The first-order valence-corrected chi connectivity index (χ1v) is 8.56. The van der Waals surface area contributed by atoms with Gasteiger partial charge in [0.1, 0.15) is 0 Å². The first-order chi connectivity index (χ1) is 12.8. The Hall–Kier alpha value is -2.68. The Kier molecular flexibility index (Phi) is 7.12. The number of ether oxygens (including phenoxy) is 2. The number of amides is 2. The second kappa shape index (κ2) is 9.31. The molecule has 0 aromatic heterocycles. The van der Waals surface area contributed by atoms with Gasteiger partial charge in [-0.2, -0.15) is 8.78 Å². The van der Waals surface area contributed by atoms with Gasteiger partial charge in [-0.3, -0.25) is 9.59 Å². The van der Waals surface area contributed by atoms with E-state index in [2.05, 4.69) is 31.3 Å². The molecule has 2 aromatic carbocycles.